The summed E-state index contributed by atoms with van der Waals surface area (Å²) in [4.78, 5) is 15.1. The average Bonchev–Trinajstić information content (AvgIpc) is 2.99. The van der Waals surface area contributed by atoms with Crippen molar-refractivity contribution in [3.05, 3.63) is 69.1 Å². The van der Waals surface area contributed by atoms with Gasteiger partial charge in [0.2, 0.25) is 0 Å². The van der Waals surface area contributed by atoms with Gasteiger partial charge in [0, 0.05) is 32.6 Å². The summed E-state index contributed by atoms with van der Waals surface area (Å²) in [5.74, 6) is 0.142. The highest BCUT2D eigenvalue weighted by Gasteiger charge is 2.13. The third kappa shape index (κ3) is 2.76. The van der Waals surface area contributed by atoms with Gasteiger partial charge in [0.25, 0.3) is 0 Å². The quantitative estimate of drug-likeness (QED) is 0.554. The molecule has 0 fully saturated rings. The summed E-state index contributed by atoms with van der Waals surface area (Å²) in [6, 6.07) is 10.0. The Hall–Kier alpha value is -1.79. The van der Waals surface area contributed by atoms with Crippen LogP contribution in [0.2, 0.25) is 0 Å². The zero-order valence-corrected chi connectivity index (χ0v) is 14.3. The van der Waals surface area contributed by atoms with E-state index in [0.717, 1.165) is 16.4 Å². The molecule has 110 valence electrons. The standard InChI is InChI=1S/C16H9Br2FN2O/c17-11-2-4-15(19)13(7-11)16-20-5-6-21(16)12-3-1-10(9-22)14(18)8-12/h1-9H. The number of nitrogens with zero attached hydrogens (tertiary/aromatic N) is 2. The van der Waals surface area contributed by atoms with Crippen molar-refractivity contribution in [3.63, 3.8) is 0 Å². The van der Waals surface area contributed by atoms with Crippen molar-refractivity contribution in [1.29, 1.82) is 0 Å². The van der Waals surface area contributed by atoms with Gasteiger partial charge < -0.3 is 0 Å². The highest BCUT2D eigenvalue weighted by molar-refractivity contribution is 9.10. The molecule has 0 radical (unpaired) electrons. The molecular weight excluding hydrogens is 415 g/mol. The van der Waals surface area contributed by atoms with Crippen molar-refractivity contribution < 1.29 is 9.18 Å². The summed E-state index contributed by atoms with van der Waals surface area (Å²) < 4.78 is 17.3. The zero-order valence-electron chi connectivity index (χ0n) is 11.1. The molecular formula is C16H9Br2FN2O. The van der Waals surface area contributed by atoms with Crippen molar-refractivity contribution in [2.24, 2.45) is 0 Å². The first kappa shape index (κ1) is 15.1. The Morgan fingerprint density at radius 1 is 1.14 bits per heavy atom. The van der Waals surface area contributed by atoms with Crippen LogP contribution < -0.4 is 0 Å². The highest BCUT2D eigenvalue weighted by Crippen LogP contribution is 2.28. The summed E-state index contributed by atoms with van der Waals surface area (Å²) in [7, 11) is 0. The molecule has 0 aliphatic heterocycles. The number of hydrogen-bond acceptors (Lipinski definition) is 2. The molecule has 0 atom stereocenters. The number of benzene rings is 2. The van der Waals surface area contributed by atoms with Gasteiger partial charge in [-0.1, -0.05) is 15.9 Å². The molecule has 22 heavy (non-hydrogen) atoms. The SMILES string of the molecule is O=Cc1ccc(-n2ccnc2-c2cc(Br)ccc2F)cc1Br. The lowest BCUT2D eigenvalue weighted by atomic mass is 10.2. The molecule has 3 rings (SSSR count). The van der Waals surface area contributed by atoms with Crippen LogP contribution in [0.3, 0.4) is 0 Å². The fourth-order valence-corrected chi connectivity index (χ4v) is 2.96. The van der Waals surface area contributed by atoms with Crippen molar-refractivity contribution in [2.45, 2.75) is 0 Å². The lowest BCUT2D eigenvalue weighted by Crippen LogP contribution is -1.99. The first-order valence-corrected chi connectivity index (χ1v) is 7.92. The van der Waals surface area contributed by atoms with Crippen LogP contribution in [0.15, 0.2) is 57.7 Å². The number of imidazole rings is 1. The van der Waals surface area contributed by atoms with Gasteiger partial charge in [-0.25, -0.2) is 9.37 Å². The average molecular weight is 424 g/mol. The van der Waals surface area contributed by atoms with E-state index in [9.17, 15) is 9.18 Å². The molecule has 0 aliphatic rings. The maximum Gasteiger partial charge on any atom is 0.151 e. The van der Waals surface area contributed by atoms with Crippen molar-refractivity contribution in [1.82, 2.24) is 9.55 Å². The Morgan fingerprint density at radius 3 is 2.68 bits per heavy atom. The van der Waals surface area contributed by atoms with E-state index in [2.05, 4.69) is 36.8 Å². The van der Waals surface area contributed by atoms with Crippen LogP contribution in [0, 0.1) is 5.82 Å². The van der Waals surface area contributed by atoms with Crippen LogP contribution >= 0.6 is 31.9 Å². The Morgan fingerprint density at radius 2 is 1.95 bits per heavy atom. The topological polar surface area (TPSA) is 34.9 Å². The second kappa shape index (κ2) is 6.14. The van der Waals surface area contributed by atoms with Gasteiger partial charge in [0.1, 0.15) is 11.6 Å². The predicted octanol–water partition coefficient (Wildman–Crippen LogP) is 5.02. The van der Waals surface area contributed by atoms with E-state index in [1.807, 2.05) is 0 Å². The summed E-state index contributed by atoms with van der Waals surface area (Å²) in [5, 5.41) is 0. The van der Waals surface area contributed by atoms with E-state index < -0.39 is 0 Å². The molecule has 0 saturated carbocycles. The minimum Gasteiger partial charge on any atom is -0.300 e. The molecule has 0 spiro atoms. The van der Waals surface area contributed by atoms with Gasteiger partial charge in [0.05, 0.1) is 5.56 Å². The lowest BCUT2D eigenvalue weighted by molar-refractivity contribution is 0.112. The molecule has 6 heteroatoms. The number of rotatable bonds is 3. The van der Waals surface area contributed by atoms with E-state index in [0.29, 0.717) is 21.4 Å². The highest BCUT2D eigenvalue weighted by atomic mass is 79.9. The van der Waals surface area contributed by atoms with Gasteiger partial charge >= 0.3 is 0 Å². The number of halogens is 3. The van der Waals surface area contributed by atoms with E-state index in [4.69, 9.17) is 0 Å². The molecule has 0 aliphatic carbocycles. The van der Waals surface area contributed by atoms with E-state index in [-0.39, 0.29) is 5.82 Å². The summed E-state index contributed by atoms with van der Waals surface area (Å²) in [5.41, 5.74) is 1.73. The zero-order chi connectivity index (χ0) is 15.7. The van der Waals surface area contributed by atoms with Crippen LogP contribution in [0.5, 0.6) is 0 Å². The maximum atomic E-state index is 14.1. The molecule has 3 nitrogen and oxygen atoms in total. The Balaban J connectivity index is 2.15. The van der Waals surface area contributed by atoms with Crippen molar-refractivity contribution >= 4 is 38.1 Å². The first-order valence-electron chi connectivity index (χ1n) is 6.34. The number of aldehydes is 1. The van der Waals surface area contributed by atoms with E-state index in [1.54, 1.807) is 47.3 Å². The fourth-order valence-electron chi connectivity index (χ4n) is 2.14. The third-order valence-electron chi connectivity index (χ3n) is 3.20. The maximum absolute atomic E-state index is 14.1. The minimum atomic E-state index is -0.348. The minimum absolute atomic E-state index is 0.348. The molecule has 0 unspecified atom stereocenters. The molecule has 1 heterocycles. The molecule has 2 aromatic carbocycles. The van der Waals surface area contributed by atoms with E-state index >= 15 is 0 Å². The van der Waals surface area contributed by atoms with Crippen molar-refractivity contribution in [2.75, 3.05) is 0 Å². The summed E-state index contributed by atoms with van der Waals surface area (Å²) >= 11 is 6.70. The van der Waals surface area contributed by atoms with Gasteiger partial charge in [0.15, 0.2) is 6.29 Å². The van der Waals surface area contributed by atoms with Crippen molar-refractivity contribution in [3.8, 4) is 17.1 Å². The predicted molar refractivity (Wildman–Crippen MR) is 89.7 cm³/mol. The smallest absolute Gasteiger partial charge is 0.151 e. The second-order valence-corrected chi connectivity index (χ2v) is 6.34. The Labute approximate surface area is 143 Å². The van der Waals surface area contributed by atoms with Gasteiger partial charge in [-0.15, -0.1) is 0 Å². The fraction of sp³-hybridized carbons (Fsp3) is 0. The first-order chi connectivity index (χ1) is 10.6. The van der Waals surface area contributed by atoms with Gasteiger partial charge in [-0.05, 0) is 52.3 Å². The van der Waals surface area contributed by atoms with Crippen LogP contribution in [-0.2, 0) is 0 Å². The van der Waals surface area contributed by atoms with Crippen LogP contribution in [0.4, 0.5) is 4.39 Å². The van der Waals surface area contributed by atoms with Crippen LogP contribution in [0.25, 0.3) is 17.1 Å². The van der Waals surface area contributed by atoms with Crippen LogP contribution in [-0.4, -0.2) is 15.8 Å². The van der Waals surface area contributed by atoms with Gasteiger partial charge in [-0.2, -0.15) is 0 Å². The molecule has 3 aromatic rings. The largest absolute Gasteiger partial charge is 0.300 e. The Kier molecular flexibility index (Phi) is 4.22. The Bertz CT molecular complexity index is 861. The molecule has 0 saturated heterocycles. The molecule has 0 amide bonds. The van der Waals surface area contributed by atoms with Crippen LogP contribution in [0.1, 0.15) is 10.4 Å². The lowest BCUT2D eigenvalue weighted by Gasteiger charge is -2.10. The molecule has 0 bridgehead atoms. The number of carbonyl (C=O) groups excluding carboxylic acids is 1. The number of aromatic nitrogens is 2. The summed E-state index contributed by atoms with van der Waals surface area (Å²) in [6.45, 7) is 0. The summed E-state index contributed by atoms with van der Waals surface area (Å²) in [6.07, 6.45) is 4.13. The number of carbonyl (C=O) groups is 1. The molecule has 1 aromatic heterocycles. The third-order valence-corrected chi connectivity index (χ3v) is 4.38. The number of hydrogen-bond donors (Lipinski definition) is 0. The van der Waals surface area contributed by atoms with E-state index in [1.165, 1.54) is 6.07 Å². The second-order valence-electron chi connectivity index (χ2n) is 4.57. The normalized spacial score (nSPS) is 10.7. The van der Waals surface area contributed by atoms with Gasteiger partial charge in [-0.3, -0.25) is 9.36 Å². The monoisotopic (exact) mass is 422 g/mol. The molecule has 0 N–H and O–H groups in total.